The molecule has 0 aliphatic carbocycles. The first kappa shape index (κ1) is 12.8. The van der Waals surface area contributed by atoms with E-state index in [4.69, 9.17) is 0 Å². The van der Waals surface area contributed by atoms with E-state index in [0.717, 1.165) is 29.1 Å². The number of thioether (sulfide) groups is 1. The van der Waals surface area contributed by atoms with Crippen molar-refractivity contribution in [1.82, 2.24) is 9.97 Å². The minimum absolute atomic E-state index is 0.275. The fourth-order valence-electron chi connectivity index (χ4n) is 1.62. The lowest BCUT2D eigenvalue weighted by Gasteiger charge is -2.07. The lowest BCUT2D eigenvalue weighted by molar-refractivity contribution is 0.473. The molecular formula is C14H16N2OS. The van der Waals surface area contributed by atoms with Crippen molar-refractivity contribution in [1.29, 1.82) is 0 Å². The van der Waals surface area contributed by atoms with E-state index in [0.29, 0.717) is 0 Å². The van der Waals surface area contributed by atoms with E-state index in [9.17, 15) is 5.11 Å². The van der Waals surface area contributed by atoms with E-state index >= 15 is 0 Å². The van der Waals surface area contributed by atoms with Gasteiger partial charge in [-0.3, -0.25) is 0 Å². The van der Waals surface area contributed by atoms with Crippen molar-refractivity contribution in [3.8, 4) is 5.75 Å². The Bertz CT molecular complexity index is 520. The van der Waals surface area contributed by atoms with Gasteiger partial charge >= 0.3 is 0 Å². The molecule has 0 aliphatic heterocycles. The topological polar surface area (TPSA) is 48.9 Å². The van der Waals surface area contributed by atoms with E-state index in [1.54, 1.807) is 30.2 Å². The number of benzene rings is 1. The van der Waals surface area contributed by atoms with Crippen LogP contribution in [0.15, 0.2) is 42.1 Å². The Morgan fingerprint density at radius 2 is 2.28 bits per heavy atom. The molecule has 1 heterocycles. The predicted molar refractivity (Wildman–Crippen MR) is 76.5 cm³/mol. The predicted octanol–water partition coefficient (Wildman–Crippen LogP) is 3.65. The second-order valence-electron chi connectivity index (χ2n) is 3.86. The largest absolute Gasteiger partial charge is 0.507 e. The summed E-state index contributed by atoms with van der Waals surface area (Å²) in [5.74, 6) is 2.11. The highest BCUT2D eigenvalue weighted by molar-refractivity contribution is 8.02. The van der Waals surface area contributed by atoms with E-state index < -0.39 is 0 Å². The molecule has 1 aromatic heterocycles. The van der Waals surface area contributed by atoms with Crippen LogP contribution in [-0.2, 0) is 0 Å². The molecule has 0 saturated carbocycles. The van der Waals surface area contributed by atoms with Crippen LogP contribution in [-0.4, -0.2) is 20.8 Å². The van der Waals surface area contributed by atoms with Crippen molar-refractivity contribution in [3.05, 3.63) is 53.5 Å². The number of H-pyrrole nitrogens is 1. The molecule has 0 saturated heterocycles. The maximum atomic E-state index is 9.94. The molecule has 2 N–H and O–H groups in total. The first-order valence-corrected chi connectivity index (χ1v) is 6.97. The molecule has 0 unspecified atom stereocenters. The first-order valence-electron chi connectivity index (χ1n) is 5.92. The number of aromatic hydroxyl groups is 1. The lowest BCUT2D eigenvalue weighted by Crippen LogP contribution is -1.91. The molecule has 0 radical (unpaired) electrons. The number of phenolic OH excluding ortho intramolecular Hbond substituents is 1. The van der Waals surface area contributed by atoms with Crippen LogP contribution in [0.25, 0.3) is 5.57 Å². The number of rotatable bonds is 5. The van der Waals surface area contributed by atoms with Gasteiger partial charge in [-0.05, 0) is 23.6 Å². The monoisotopic (exact) mass is 260 g/mol. The van der Waals surface area contributed by atoms with Gasteiger partial charge in [-0.1, -0.05) is 25.1 Å². The van der Waals surface area contributed by atoms with Crippen LogP contribution in [0.2, 0.25) is 0 Å². The van der Waals surface area contributed by atoms with Crippen LogP contribution in [0, 0.1) is 0 Å². The van der Waals surface area contributed by atoms with Gasteiger partial charge in [0, 0.05) is 23.5 Å². The highest BCUT2D eigenvalue weighted by atomic mass is 32.2. The SMILES string of the molecule is CCCS/C=C(\c1ncc[nH]1)c1ccccc1O. The highest BCUT2D eigenvalue weighted by Gasteiger charge is 2.10. The van der Waals surface area contributed by atoms with Crippen LogP contribution in [0.5, 0.6) is 5.75 Å². The van der Waals surface area contributed by atoms with Gasteiger partial charge < -0.3 is 10.1 Å². The summed E-state index contributed by atoms with van der Waals surface area (Å²) in [5.41, 5.74) is 1.73. The van der Waals surface area contributed by atoms with Crippen LogP contribution in [0.1, 0.15) is 24.7 Å². The maximum absolute atomic E-state index is 9.94. The molecule has 94 valence electrons. The third-order valence-electron chi connectivity index (χ3n) is 2.47. The zero-order valence-corrected chi connectivity index (χ0v) is 11.1. The summed E-state index contributed by atoms with van der Waals surface area (Å²) in [6.45, 7) is 2.15. The van der Waals surface area contributed by atoms with Gasteiger partial charge in [-0.25, -0.2) is 4.98 Å². The number of nitrogens with zero attached hydrogens (tertiary/aromatic N) is 1. The number of hydrogen-bond acceptors (Lipinski definition) is 3. The summed E-state index contributed by atoms with van der Waals surface area (Å²) in [6.07, 6.45) is 4.62. The van der Waals surface area contributed by atoms with Crippen molar-refractivity contribution in [3.63, 3.8) is 0 Å². The number of hydrogen-bond donors (Lipinski definition) is 2. The molecule has 2 rings (SSSR count). The van der Waals surface area contributed by atoms with Crippen LogP contribution < -0.4 is 0 Å². The fourth-order valence-corrected chi connectivity index (χ4v) is 2.38. The Morgan fingerprint density at radius 3 is 2.94 bits per heavy atom. The summed E-state index contributed by atoms with van der Waals surface area (Å²) < 4.78 is 0. The molecule has 0 atom stereocenters. The Labute approximate surface area is 111 Å². The third kappa shape index (κ3) is 2.96. The minimum Gasteiger partial charge on any atom is -0.507 e. The number of imidazole rings is 1. The minimum atomic E-state index is 0.275. The van der Waals surface area contributed by atoms with Crippen molar-refractivity contribution in [2.75, 3.05) is 5.75 Å². The normalized spacial score (nSPS) is 11.7. The van der Waals surface area contributed by atoms with E-state index in [1.807, 2.05) is 18.2 Å². The Kier molecular flexibility index (Phi) is 4.47. The van der Waals surface area contributed by atoms with Crippen molar-refractivity contribution in [2.24, 2.45) is 0 Å². The average molecular weight is 260 g/mol. The zero-order chi connectivity index (χ0) is 12.8. The summed E-state index contributed by atoms with van der Waals surface area (Å²) in [4.78, 5) is 7.35. The van der Waals surface area contributed by atoms with Crippen molar-refractivity contribution in [2.45, 2.75) is 13.3 Å². The summed E-state index contributed by atoms with van der Waals surface area (Å²) >= 11 is 1.73. The molecule has 0 aliphatic rings. The van der Waals surface area contributed by atoms with Gasteiger partial charge in [-0.2, -0.15) is 0 Å². The smallest absolute Gasteiger partial charge is 0.138 e. The van der Waals surface area contributed by atoms with Crippen molar-refractivity contribution < 1.29 is 5.11 Å². The molecule has 4 heteroatoms. The number of aromatic nitrogens is 2. The third-order valence-corrected chi connectivity index (χ3v) is 3.52. The number of aromatic amines is 1. The van der Waals surface area contributed by atoms with Crippen molar-refractivity contribution >= 4 is 17.3 Å². The standard InChI is InChI=1S/C14H16N2OS/c1-2-9-18-10-12(14-15-7-8-16-14)11-5-3-4-6-13(11)17/h3-8,10,17H,2,9H2,1H3,(H,15,16)/b12-10-. The van der Waals surface area contributed by atoms with E-state index in [2.05, 4.69) is 22.3 Å². The summed E-state index contributed by atoms with van der Waals surface area (Å²) in [7, 11) is 0. The number of para-hydroxylation sites is 1. The quantitative estimate of drug-likeness (QED) is 0.807. The van der Waals surface area contributed by atoms with Crippen LogP contribution in [0.4, 0.5) is 0 Å². The first-order chi connectivity index (χ1) is 8.83. The molecule has 0 spiro atoms. The molecule has 3 nitrogen and oxygen atoms in total. The summed E-state index contributed by atoms with van der Waals surface area (Å²) in [5, 5.41) is 12.0. The zero-order valence-electron chi connectivity index (χ0n) is 10.3. The van der Waals surface area contributed by atoms with Crippen LogP contribution in [0.3, 0.4) is 0 Å². The molecule has 0 fully saturated rings. The second kappa shape index (κ2) is 6.31. The van der Waals surface area contributed by atoms with E-state index in [-0.39, 0.29) is 5.75 Å². The molecule has 2 aromatic rings. The van der Waals surface area contributed by atoms with Gasteiger partial charge in [0.2, 0.25) is 0 Å². The Morgan fingerprint density at radius 1 is 1.44 bits per heavy atom. The highest BCUT2D eigenvalue weighted by Crippen LogP contribution is 2.30. The maximum Gasteiger partial charge on any atom is 0.138 e. The Hall–Kier alpha value is -1.68. The lowest BCUT2D eigenvalue weighted by atomic mass is 10.1. The number of nitrogens with one attached hydrogen (secondary N) is 1. The van der Waals surface area contributed by atoms with Gasteiger partial charge in [0.05, 0.1) is 0 Å². The molecule has 18 heavy (non-hydrogen) atoms. The second-order valence-corrected chi connectivity index (χ2v) is 4.83. The molecular weight excluding hydrogens is 244 g/mol. The van der Waals surface area contributed by atoms with Crippen LogP contribution >= 0.6 is 11.8 Å². The molecule has 0 amide bonds. The van der Waals surface area contributed by atoms with Gasteiger partial charge in [0.1, 0.15) is 11.6 Å². The van der Waals surface area contributed by atoms with Gasteiger partial charge in [-0.15, -0.1) is 11.8 Å². The average Bonchev–Trinajstić information content (AvgIpc) is 2.90. The Balaban J connectivity index is 2.37. The number of phenols is 1. The molecule has 1 aromatic carbocycles. The fraction of sp³-hybridized carbons (Fsp3) is 0.214. The molecule has 0 bridgehead atoms. The van der Waals surface area contributed by atoms with Gasteiger partial charge in [0.25, 0.3) is 0 Å². The van der Waals surface area contributed by atoms with E-state index in [1.165, 1.54) is 0 Å². The summed E-state index contributed by atoms with van der Waals surface area (Å²) in [6, 6.07) is 7.32. The van der Waals surface area contributed by atoms with Gasteiger partial charge in [0.15, 0.2) is 0 Å².